The molecule has 106 valence electrons. The van der Waals surface area contributed by atoms with Crippen LogP contribution >= 0.6 is 0 Å². The van der Waals surface area contributed by atoms with Crippen LogP contribution in [0.15, 0.2) is 4.99 Å². The number of unbranched alkanes of at least 4 members (excludes halogenated alkanes) is 2. The van der Waals surface area contributed by atoms with Gasteiger partial charge in [-0.25, -0.2) is 5.01 Å². The molecule has 0 fully saturated rings. The second kappa shape index (κ2) is 9.67. The van der Waals surface area contributed by atoms with Crippen molar-refractivity contribution in [3.8, 4) is 0 Å². The lowest BCUT2D eigenvalue weighted by molar-refractivity contribution is -0.143. The molecule has 0 aliphatic rings. The third-order valence-electron chi connectivity index (χ3n) is 2.64. The first-order chi connectivity index (χ1) is 8.49. The van der Waals surface area contributed by atoms with Gasteiger partial charge >= 0.3 is 5.97 Å². The van der Waals surface area contributed by atoms with Gasteiger partial charge in [0.05, 0.1) is 0 Å². The average Bonchev–Trinajstić information content (AvgIpc) is 2.28. The van der Waals surface area contributed by atoms with E-state index in [0.29, 0.717) is 25.9 Å². The minimum atomic E-state index is -0.904. The van der Waals surface area contributed by atoms with Crippen LogP contribution in [0.2, 0.25) is 0 Å². The molecule has 0 aromatic heterocycles. The Morgan fingerprint density at radius 3 is 2.50 bits per heavy atom. The van der Waals surface area contributed by atoms with Crippen molar-refractivity contribution in [3.63, 3.8) is 0 Å². The van der Waals surface area contributed by atoms with Gasteiger partial charge in [0, 0.05) is 13.1 Å². The summed E-state index contributed by atoms with van der Waals surface area (Å²) in [5.74, 6) is 4.89. The minimum Gasteiger partial charge on any atom is -0.480 e. The van der Waals surface area contributed by atoms with Crippen molar-refractivity contribution in [3.05, 3.63) is 0 Å². The first-order valence-electron chi connectivity index (χ1n) is 6.28. The van der Waals surface area contributed by atoms with E-state index >= 15 is 0 Å². The molecule has 0 rings (SSSR count). The summed E-state index contributed by atoms with van der Waals surface area (Å²) in [6.45, 7) is 3.10. The molecule has 1 atom stereocenters. The van der Waals surface area contributed by atoms with E-state index in [4.69, 9.17) is 22.4 Å². The van der Waals surface area contributed by atoms with Crippen LogP contribution in [-0.2, 0) is 4.79 Å². The van der Waals surface area contributed by atoms with Gasteiger partial charge in [0.1, 0.15) is 6.04 Å². The van der Waals surface area contributed by atoms with Gasteiger partial charge in [-0.1, -0.05) is 19.8 Å². The lowest BCUT2D eigenvalue weighted by Crippen LogP contribution is -2.46. The highest BCUT2D eigenvalue weighted by Gasteiger charge is 2.22. The Hall–Kier alpha value is -1.34. The third kappa shape index (κ3) is 7.86. The van der Waals surface area contributed by atoms with Gasteiger partial charge in [0.25, 0.3) is 0 Å². The number of carbonyl (C=O) groups is 1. The van der Waals surface area contributed by atoms with Crippen LogP contribution in [-0.4, -0.2) is 41.2 Å². The lowest BCUT2D eigenvalue weighted by atomic mass is 10.1. The van der Waals surface area contributed by atoms with E-state index in [1.54, 1.807) is 0 Å². The van der Waals surface area contributed by atoms with E-state index in [9.17, 15) is 4.79 Å². The molecule has 0 aliphatic carbocycles. The number of hydrogen-bond acceptors (Lipinski definition) is 4. The summed E-state index contributed by atoms with van der Waals surface area (Å²) in [5, 5.41) is 10.5. The van der Waals surface area contributed by atoms with Crippen molar-refractivity contribution in [2.24, 2.45) is 22.3 Å². The number of nitrogens with zero attached hydrogens (tertiary/aromatic N) is 2. The zero-order valence-corrected chi connectivity index (χ0v) is 11.0. The van der Waals surface area contributed by atoms with E-state index in [1.807, 2.05) is 0 Å². The van der Waals surface area contributed by atoms with E-state index in [0.717, 1.165) is 19.3 Å². The molecular formula is C11H25N5O2. The molecule has 0 aromatic rings. The molecule has 0 saturated heterocycles. The Bertz CT molecular complexity index is 266. The second-order valence-electron chi connectivity index (χ2n) is 4.25. The summed E-state index contributed by atoms with van der Waals surface area (Å²) >= 11 is 0. The number of nitrogens with two attached hydrogens (primary N) is 3. The Morgan fingerprint density at radius 1 is 1.33 bits per heavy atom. The van der Waals surface area contributed by atoms with Crippen LogP contribution in [0.3, 0.4) is 0 Å². The molecule has 0 unspecified atom stereocenters. The van der Waals surface area contributed by atoms with Crippen LogP contribution in [0.5, 0.6) is 0 Å². The van der Waals surface area contributed by atoms with Gasteiger partial charge in [-0.15, -0.1) is 0 Å². The summed E-state index contributed by atoms with van der Waals surface area (Å²) in [6, 6.07) is -0.670. The van der Waals surface area contributed by atoms with E-state index < -0.39 is 12.0 Å². The van der Waals surface area contributed by atoms with Crippen LogP contribution in [0, 0.1) is 0 Å². The third-order valence-corrected chi connectivity index (χ3v) is 2.64. The molecule has 7 N–H and O–H groups in total. The number of carboxylic acids is 1. The molecule has 0 aliphatic heterocycles. The minimum absolute atomic E-state index is 0.0226. The van der Waals surface area contributed by atoms with Crippen molar-refractivity contribution in [2.45, 2.75) is 45.1 Å². The number of hydrazine groups is 1. The summed E-state index contributed by atoms with van der Waals surface area (Å²) < 4.78 is 0. The fourth-order valence-corrected chi connectivity index (χ4v) is 1.62. The monoisotopic (exact) mass is 259 g/mol. The number of guanidine groups is 1. The maximum absolute atomic E-state index is 11.1. The van der Waals surface area contributed by atoms with Crippen LogP contribution in [0.25, 0.3) is 0 Å². The average molecular weight is 259 g/mol. The van der Waals surface area contributed by atoms with Gasteiger partial charge in [-0.3, -0.25) is 15.6 Å². The largest absolute Gasteiger partial charge is 0.480 e. The Balaban J connectivity index is 4.05. The predicted molar refractivity (Wildman–Crippen MR) is 71.8 cm³/mol. The quantitative estimate of drug-likeness (QED) is 0.142. The van der Waals surface area contributed by atoms with Crippen molar-refractivity contribution in [1.29, 1.82) is 0 Å². The molecule has 0 radical (unpaired) electrons. The molecule has 18 heavy (non-hydrogen) atoms. The van der Waals surface area contributed by atoms with Gasteiger partial charge in [0.2, 0.25) is 0 Å². The summed E-state index contributed by atoms with van der Waals surface area (Å²) in [5.41, 5.74) is 10.4. The zero-order chi connectivity index (χ0) is 14.0. The standard InChI is InChI=1S/C11H25N5O2/c1-2-3-4-8-16(14)9(10(17)18)6-5-7-15-11(12)13/h9H,2-8,14H2,1H3,(H,17,18)(H4,12,13,15)/t9-/m0/s1. The van der Waals surface area contributed by atoms with Crippen molar-refractivity contribution < 1.29 is 9.90 Å². The molecule has 7 heteroatoms. The maximum atomic E-state index is 11.1. The second-order valence-corrected chi connectivity index (χ2v) is 4.25. The normalized spacial score (nSPS) is 12.4. The van der Waals surface area contributed by atoms with Gasteiger partial charge in [-0.2, -0.15) is 0 Å². The highest BCUT2D eigenvalue weighted by Crippen LogP contribution is 2.06. The smallest absolute Gasteiger partial charge is 0.322 e. The lowest BCUT2D eigenvalue weighted by Gasteiger charge is -2.23. The Kier molecular flexibility index (Phi) is 8.95. The summed E-state index contributed by atoms with van der Waals surface area (Å²) in [4.78, 5) is 14.9. The molecule has 0 bridgehead atoms. The SMILES string of the molecule is CCCCCN(N)[C@@H](CCCN=C(N)N)C(=O)O. The fourth-order valence-electron chi connectivity index (χ4n) is 1.62. The van der Waals surface area contributed by atoms with Crippen LogP contribution < -0.4 is 17.3 Å². The van der Waals surface area contributed by atoms with Crippen molar-refractivity contribution >= 4 is 11.9 Å². The Labute approximate surface area is 108 Å². The topological polar surface area (TPSA) is 131 Å². The number of hydrogen-bond donors (Lipinski definition) is 4. The fraction of sp³-hybridized carbons (Fsp3) is 0.818. The number of carboxylic acid groups (broad SMARTS) is 1. The van der Waals surface area contributed by atoms with Gasteiger partial charge in [-0.05, 0) is 19.3 Å². The molecular weight excluding hydrogens is 234 g/mol. The predicted octanol–water partition coefficient (Wildman–Crippen LogP) is -0.141. The summed E-state index contributed by atoms with van der Waals surface area (Å²) in [7, 11) is 0. The van der Waals surface area contributed by atoms with Crippen molar-refractivity contribution in [2.75, 3.05) is 13.1 Å². The van der Waals surface area contributed by atoms with E-state index in [-0.39, 0.29) is 5.96 Å². The molecule has 0 aromatic carbocycles. The van der Waals surface area contributed by atoms with E-state index in [1.165, 1.54) is 5.01 Å². The first-order valence-corrected chi connectivity index (χ1v) is 6.28. The van der Waals surface area contributed by atoms with Crippen LogP contribution in [0.1, 0.15) is 39.0 Å². The summed E-state index contributed by atoms with van der Waals surface area (Å²) in [6.07, 6.45) is 4.07. The number of rotatable bonds is 10. The van der Waals surface area contributed by atoms with E-state index in [2.05, 4.69) is 11.9 Å². The van der Waals surface area contributed by atoms with Crippen LogP contribution in [0.4, 0.5) is 0 Å². The Morgan fingerprint density at radius 2 is 2.00 bits per heavy atom. The molecule has 0 spiro atoms. The number of aliphatic carboxylic acids is 1. The zero-order valence-electron chi connectivity index (χ0n) is 11.0. The molecule has 0 heterocycles. The molecule has 0 saturated carbocycles. The maximum Gasteiger partial charge on any atom is 0.322 e. The molecule has 0 amide bonds. The highest BCUT2D eigenvalue weighted by molar-refractivity contribution is 5.75. The molecule has 7 nitrogen and oxygen atoms in total. The van der Waals surface area contributed by atoms with Gasteiger partial charge < -0.3 is 16.6 Å². The van der Waals surface area contributed by atoms with Crippen molar-refractivity contribution in [1.82, 2.24) is 5.01 Å². The van der Waals surface area contributed by atoms with Gasteiger partial charge in [0.15, 0.2) is 5.96 Å². The first kappa shape index (κ1) is 16.7. The number of aliphatic imine (C=N–C) groups is 1. The highest BCUT2D eigenvalue weighted by atomic mass is 16.4.